The van der Waals surface area contributed by atoms with E-state index in [0.29, 0.717) is 55.8 Å². The van der Waals surface area contributed by atoms with Crippen LogP contribution in [-0.2, 0) is 32.4 Å². The molecule has 2 saturated heterocycles. The van der Waals surface area contributed by atoms with Gasteiger partial charge in [-0.15, -0.1) is 4.36 Å². The molecule has 2 aromatic rings. The van der Waals surface area contributed by atoms with Crippen molar-refractivity contribution in [3.63, 3.8) is 0 Å². The van der Waals surface area contributed by atoms with Gasteiger partial charge in [0.15, 0.2) is 0 Å². The van der Waals surface area contributed by atoms with Gasteiger partial charge in [0, 0.05) is 70.1 Å². The van der Waals surface area contributed by atoms with Crippen LogP contribution in [0.15, 0.2) is 52.9 Å². The van der Waals surface area contributed by atoms with Gasteiger partial charge in [-0.1, -0.05) is 36.7 Å². The number of nitrogens with zero attached hydrogens (tertiary/aromatic N) is 4. The van der Waals surface area contributed by atoms with Crippen LogP contribution in [0.5, 0.6) is 5.75 Å². The average Bonchev–Trinajstić information content (AvgIpc) is 3.14. The van der Waals surface area contributed by atoms with Gasteiger partial charge in [0.25, 0.3) is 5.91 Å². The lowest BCUT2D eigenvalue weighted by atomic mass is 9.70. The zero-order valence-corrected chi connectivity index (χ0v) is 33.5. The summed E-state index contributed by atoms with van der Waals surface area (Å²) in [4.78, 5) is 34.1. The molecule has 4 aliphatic heterocycles. The highest BCUT2D eigenvalue weighted by atomic mass is 35.5. The highest BCUT2D eigenvalue weighted by molar-refractivity contribution is 7.92. The van der Waals surface area contributed by atoms with Crippen LogP contribution in [-0.4, -0.2) is 103 Å². The van der Waals surface area contributed by atoms with Gasteiger partial charge in [0.1, 0.15) is 15.7 Å². The standard InChI is InChI=1S/C41H56ClN5O6S/c1-28-7-6-9-38(52-3)36-14-11-32(36)24-46-23-31-10-13-33(42)21-29(31)8-4-5-20-53-39-15-12-30(22-37(39)46)40(48)43-54(50,27-28)44-41(49)47-25-34(26-47)45-18-16-35(51-2)17-19-45/h6,9-10,12-13,15,21-22,28,32,34-36,38H,4-5,7-8,11,14,16-20,23-27H2,1-3H3,(H,43,44,48,49,50)/b9-6+/t28-,32-,36+,38-,54?/m0/s1. The largest absolute Gasteiger partial charge is 0.491 e. The summed E-state index contributed by atoms with van der Waals surface area (Å²) in [6.07, 6.45) is 11.9. The van der Waals surface area contributed by atoms with Crippen molar-refractivity contribution >= 4 is 39.1 Å². The number of carbonyl (C=O) groups is 2. The van der Waals surface area contributed by atoms with Crippen LogP contribution in [0.25, 0.3) is 0 Å². The molecule has 5 aliphatic rings. The molecule has 2 bridgehead atoms. The predicted molar refractivity (Wildman–Crippen MR) is 213 cm³/mol. The van der Waals surface area contributed by atoms with Crippen LogP contribution in [0.2, 0.25) is 5.02 Å². The van der Waals surface area contributed by atoms with E-state index in [4.69, 9.17) is 25.8 Å². The first-order valence-electron chi connectivity index (χ1n) is 19.7. The Hall–Kier alpha value is -3.16. The Morgan fingerprint density at radius 1 is 1.00 bits per heavy atom. The minimum Gasteiger partial charge on any atom is -0.491 e. The molecule has 13 heteroatoms. The predicted octanol–water partition coefficient (Wildman–Crippen LogP) is 6.73. The van der Waals surface area contributed by atoms with Crippen LogP contribution < -0.4 is 14.4 Å². The Morgan fingerprint density at radius 3 is 2.56 bits per heavy atom. The average molecular weight is 782 g/mol. The molecule has 1 aliphatic carbocycles. The first-order chi connectivity index (χ1) is 26.1. The van der Waals surface area contributed by atoms with E-state index in [0.717, 1.165) is 75.3 Å². The van der Waals surface area contributed by atoms with Crippen LogP contribution in [0, 0.1) is 17.8 Å². The number of hydrogen-bond acceptors (Lipinski definition) is 8. The minimum atomic E-state index is -3.49. The number of methoxy groups -OCH3 is 2. The second-order valence-electron chi connectivity index (χ2n) is 15.9. The molecule has 3 amide bonds. The van der Waals surface area contributed by atoms with Crippen molar-refractivity contribution in [3.8, 4) is 5.75 Å². The summed E-state index contributed by atoms with van der Waals surface area (Å²) in [6, 6.07) is 11.3. The van der Waals surface area contributed by atoms with Crippen molar-refractivity contribution < 1.29 is 28.0 Å². The van der Waals surface area contributed by atoms with Crippen molar-refractivity contribution in [2.45, 2.75) is 83.1 Å². The van der Waals surface area contributed by atoms with E-state index in [9.17, 15) is 13.8 Å². The summed E-state index contributed by atoms with van der Waals surface area (Å²) < 4.78 is 39.8. The molecule has 3 fully saturated rings. The molecule has 1 saturated carbocycles. The smallest absolute Gasteiger partial charge is 0.329 e. The molecule has 0 spiro atoms. The van der Waals surface area contributed by atoms with E-state index in [1.807, 2.05) is 25.1 Å². The SMILES string of the molecule is COC1CCN(C2CN(C(=O)NS3(=O)=NC(=O)c4ccc5c(c4)N(Cc4ccc(Cl)cc4CCCCO5)C[C@@H]4CC[C@H]4[C@@H](OC)/C=C/C[C@H](C)C3)C2)CC1. The fraction of sp³-hybridized carbons (Fsp3) is 0.610. The number of hydrogen-bond donors (Lipinski definition) is 1. The lowest BCUT2D eigenvalue weighted by Crippen LogP contribution is -2.64. The third-order valence-electron chi connectivity index (χ3n) is 12.1. The Bertz CT molecular complexity index is 1820. The van der Waals surface area contributed by atoms with Gasteiger partial charge >= 0.3 is 6.03 Å². The molecule has 2 aromatic carbocycles. The molecule has 1 unspecified atom stereocenters. The molecule has 5 atom stereocenters. The molecular weight excluding hydrogens is 726 g/mol. The summed E-state index contributed by atoms with van der Waals surface area (Å²) in [6.45, 7) is 6.83. The normalized spacial score (nSPS) is 29.6. The van der Waals surface area contributed by atoms with E-state index < -0.39 is 21.9 Å². The van der Waals surface area contributed by atoms with Gasteiger partial charge in [-0.2, -0.15) is 0 Å². The van der Waals surface area contributed by atoms with Gasteiger partial charge in [-0.25, -0.2) is 9.00 Å². The third-order valence-corrected chi connectivity index (χ3v) is 14.3. The van der Waals surface area contributed by atoms with E-state index in [1.165, 1.54) is 11.1 Å². The van der Waals surface area contributed by atoms with Gasteiger partial charge in [0.05, 0.1) is 30.3 Å². The number of rotatable bonds is 4. The van der Waals surface area contributed by atoms with Crippen LogP contribution in [0.4, 0.5) is 10.5 Å². The molecule has 7 rings (SSSR count). The van der Waals surface area contributed by atoms with Crippen molar-refractivity contribution in [3.05, 3.63) is 70.3 Å². The second-order valence-corrected chi connectivity index (χ2v) is 18.3. The number of urea groups is 1. The molecule has 294 valence electrons. The minimum absolute atomic E-state index is 0.0415. The van der Waals surface area contributed by atoms with E-state index in [1.54, 1.807) is 25.2 Å². The summed E-state index contributed by atoms with van der Waals surface area (Å²) in [5.41, 5.74) is 3.51. The number of anilines is 1. The molecule has 1 N–H and O–H groups in total. The summed E-state index contributed by atoms with van der Waals surface area (Å²) in [7, 11) is 0.0343. The number of carbonyl (C=O) groups excluding carboxylic acids is 2. The Morgan fingerprint density at radius 2 is 1.81 bits per heavy atom. The Balaban J connectivity index is 1.20. The quantitative estimate of drug-likeness (QED) is 0.340. The lowest BCUT2D eigenvalue weighted by Gasteiger charge is -2.47. The molecule has 54 heavy (non-hydrogen) atoms. The zero-order chi connectivity index (χ0) is 37.8. The van der Waals surface area contributed by atoms with Gasteiger partial charge in [-0.05, 0) is 111 Å². The summed E-state index contributed by atoms with van der Waals surface area (Å²) in [5, 5.41) is 0.720. The molecule has 0 aromatic heterocycles. The number of piperidine rings is 1. The van der Waals surface area contributed by atoms with Crippen LogP contribution >= 0.6 is 11.6 Å². The number of aryl methyl sites for hydroxylation is 1. The molecule has 11 nitrogen and oxygen atoms in total. The van der Waals surface area contributed by atoms with E-state index in [-0.39, 0.29) is 29.9 Å². The van der Waals surface area contributed by atoms with E-state index >= 15 is 0 Å². The lowest BCUT2D eigenvalue weighted by molar-refractivity contribution is -0.00456. The number of nitrogens with one attached hydrogen (secondary N) is 1. The summed E-state index contributed by atoms with van der Waals surface area (Å²) >= 11 is 6.49. The van der Waals surface area contributed by atoms with Crippen molar-refractivity contribution in [2.24, 2.45) is 22.1 Å². The van der Waals surface area contributed by atoms with Crippen LogP contribution in [0.3, 0.4) is 0 Å². The van der Waals surface area contributed by atoms with Crippen molar-refractivity contribution in [2.75, 3.05) is 64.2 Å². The molecule has 4 heterocycles. The number of ether oxygens (including phenoxy) is 3. The van der Waals surface area contributed by atoms with Gasteiger partial charge in [0.2, 0.25) is 0 Å². The Labute approximate surface area is 326 Å². The van der Waals surface area contributed by atoms with Gasteiger partial charge < -0.3 is 24.0 Å². The molecule has 0 radical (unpaired) electrons. The van der Waals surface area contributed by atoms with Crippen molar-refractivity contribution in [1.29, 1.82) is 0 Å². The Kier molecular flexibility index (Phi) is 12.5. The fourth-order valence-electron chi connectivity index (χ4n) is 8.70. The number of fused-ring (bicyclic) bond motifs is 3. The monoisotopic (exact) mass is 781 g/mol. The number of likely N-dealkylation sites (tertiary alicyclic amines) is 2. The maximum atomic E-state index is 14.7. The van der Waals surface area contributed by atoms with Crippen molar-refractivity contribution in [1.82, 2.24) is 14.5 Å². The third kappa shape index (κ3) is 9.10. The first kappa shape index (κ1) is 39.1. The number of halogens is 1. The maximum absolute atomic E-state index is 14.7. The van der Waals surface area contributed by atoms with Crippen LogP contribution in [0.1, 0.15) is 73.4 Å². The fourth-order valence-corrected chi connectivity index (χ4v) is 10.8. The molecular formula is C41H56ClN5O6S. The maximum Gasteiger partial charge on any atom is 0.329 e. The highest BCUT2D eigenvalue weighted by Gasteiger charge is 2.39. The van der Waals surface area contributed by atoms with E-state index in [2.05, 4.69) is 43.2 Å². The zero-order valence-electron chi connectivity index (χ0n) is 31.9. The highest BCUT2D eigenvalue weighted by Crippen LogP contribution is 2.42. The number of amides is 3. The number of benzene rings is 2. The summed E-state index contributed by atoms with van der Waals surface area (Å²) in [5.74, 6) is 0.698. The topological polar surface area (TPSA) is 113 Å². The van der Waals surface area contributed by atoms with Gasteiger partial charge in [-0.3, -0.25) is 14.4 Å². The number of allylic oxidation sites excluding steroid dienone is 1. The second kappa shape index (κ2) is 17.3. The first-order valence-corrected chi connectivity index (χ1v) is 21.8.